The highest BCUT2D eigenvalue weighted by atomic mass is 16.4. The summed E-state index contributed by atoms with van der Waals surface area (Å²) in [5.41, 5.74) is 10.4. The molecule has 1 aliphatic heterocycles. The SMILES string of the molecule is NCCCC[C@H](N)C(=O)O.O=C(O)[C@@H]1CCCN1. The molecule has 18 heavy (non-hydrogen) atoms. The third-order valence-corrected chi connectivity index (χ3v) is 2.64. The molecule has 0 radical (unpaired) electrons. The highest BCUT2D eigenvalue weighted by molar-refractivity contribution is 5.73. The topological polar surface area (TPSA) is 139 Å². The Morgan fingerprint density at radius 1 is 1.33 bits per heavy atom. The van der Waals surface area contributed by atoms with Crippen LogP contribution in [-0.2, 0) is 9.59 Å². The average Bonchev–Trinajstić information content (AvgIpc) is 2.83. The zero-order valence-electron chi connectivity index (χ0n) is 10.5. The molecule has 1 aliphatic rings. The van der Waals surface area contributed by atoms with E-state index < -0.39 is 18.0 Å². The van der Waals surface area contributed by atoms with Crippen LogP contribution in [0.5, 0.6) is 0 Å². The Balaban J connectivity index is 0.000000327. The molecule has 106 valence electrons. The molecule has 7 N–H and O–H groups in total. The first-order chi connectivity index (χ1) is 8.49. The minimum absolute atomic E-state index is 0.269. The van der Waals surface area contributed by atoms with Gasteiger partial charge < -0.3 is 27.0 Å². The first-order valence-electron chi connectivity index (χ1n) is 6.13. The van der Waals surface area contributed by atoms with Crippen molar-refractivity contribution in [3.63, 3.8) is 0 Å². The van der Waals surface area contributed by atoms with Gasteiger partial charge >= 0.3 is 11.9 Å². The van der Waals surface area contributed by atoms with E-state index in [1.165, 1.54) is 0 Å². The molecule has 1 saturated heterocycles. The molecular formula is C11H23N3O4. The first-order valence-corrected chi connectivity index (χ1v) is 6.13. The number of unbranched alkanes of at least 4 members (excludes halogenated alkanes) is 1. The molecule has 0 aromatic rings. The van der Waals surface area contributed by atoms with Crippen molar-refractivity contribution in [1.82, 2.24) is 5.32 Å². The lowest BCUT2D eigenvalue weighted by atomic mass is 10.1. The van der Waals surface area contributed by atoms with Crippen LogP contribution in [0.25, 0.3) is 0 Å². The number of aliphatic carboxylic acids is 2. The van der Waals surface area contributed by atoms with Gasteiger partial charge in [-0.25, -0.2) is 0 Å². The zero-order valence-corrected chi connectivity index (χ0v) is 10.5. The number of hydrogen-bond donors (Lipinski definition) is 5. The van der Waals surface area contributed by atoms with Crippen LogP contribution in [0.2, 0.25) is 0 Å². The van der Waals surface area contributed by atoms with Gasteiger partial charge in [-0.05, 0) is 38.8 Å². The minimum atomic E-state index is -0.933. The van der Waals surface area contributed by atoms with E-state index in [1.54, 1.807) is 0 Å². The van der Waals surface area contributed by atoms with E-state index >= 15 is 0 Å². The van der Waals surface area contributed by atoms with Crippen molar-refractivity contribution in [3.05, 3.63) is 0 Å². The summed E-state index contributed by atoms with van der Waals surface area (Å²) >= 11 is 0. The lowest BCUT2D eigenvalue weighted by Crippen LogP contribution is -2.29. The number of nitrogens with two attached hydrogens (primary N) is 2. The van der Waals surface area contributed by atoms with Crippen LogP contribution in [0.1, 0.15) is 32.1 Å². The minimum Gasteiger partial charge on any atom is -0.480 e. The fourth-order valence-corrected chi connectivity index (χ4v) is 1.53. The Hall–Kier alpha value is -1.18. The molecule has 0 aliphatic carbocycles. The zero-order chi connectivity index (χ0) is 14.0. The number of carbonyl (C=O) groups is 2. The van der Waals surface area contributed by atoms with Gasteiger partial charge in [0.25, 0.3) is 0 Å². The standard InChI is InChI=1S/C6H14N2O2.C5H9NO2/c7-4-2-1-3-5(8)6(9)10;7-5(8)4-2-1-3-6-4/h5H,1-4,7-8H2,(H,9,10);4,6H,1-3H2,(H,7,8)/t5-;4-/m00/s1. The van der Waals surface area contributed by atoms with E-state index in [1.807, 2.05) is 0 Å². The summed E-state index contributed by atoms with van der Waals surface area (Å²) in [5.74, 6) is -1.65. The second-order valence-corrected chi connectivity index (χ2v) is 4.22. The fraction of sp³-hybridized carbons (Fsp3) is 0.818. The van der Waals surface area contributed by atoms with Crippen molar-refractivity contribution in [2.24, 2.45) is 11.5 Å². The van der Waals surface area contributed by atoms with E-state index in [0.29, 0.717) is 13.0 Å². The Bertz CT molecular complexity index is 255. The van der Waals surface area contributed by atoms with Crippen molar-refractivity contribution in [1.29, 1.82) is 0 Å². The Labute approximate surface area is 107 Å². The molecule has 7 nitrogen and oxygen atoms in total. The van der Waals surface area contributed by atoms with E-state index in [0.717, 1.165) is 32.2 Å². The average molecular weight is 261 g/mol. The fourth-order valence-electron chi connectivity index (χ4n) is 1.53. The maximum Gasteiger partial charge on any atom is 0.320 e. The van der Waals surface area contributed by atoms with E-state index in [9.17, 15) is 9.59 Å². The van der Waals surface area contributed by atoms with Crippen LogP contribution in [0.3, 0.4) is 0 Å². The molecule has 0 unspecified atom stereocenters. The molecule has 1 fully saturated rings. The van der Waals surface area contributed by atoms with Crippen LogP contribution in [0, 0.1) is 0 Å². The van der Waals surface area contributed by atoms with Crippen LogP contribution in [0.4, 0.5) is 0 Å². The van der Waals surface area contributed by atoms with Gasteiger partial charge in [0.2, 0.25) is 0 Å². The third kappa shape index (κ3) is 7.99. The lowest BCUT2D eigenvalue weighted by Gasteiger charge is -2.03. The van der Waals surface area contributed by atoms with Crippen molar-refractivity contribution in [2.75, 3.05) is 13.1 Å². The third-order valence-electron chi connectivity index (χ3n) is 2.64. The van der Waals surface area contributed by atoms with Crippen LogP contribution >= 0.6 is 0 Å². The number of hydrogen-bond acceptors (Lipinski definition) is 5. The lowest BCUT2D eigenvalue weighted by molar-refractivity contribution is -0.139. The van der Waals surface area contributed by atoms with Gasteiger partial charge in [0, 0.05) is 0 Å². The van der Waals surface area contributed by atoms with Gasteiger partial charge in [-0.2, -0.15) is 0 Å². The quantitative estimate of drug-likeness (QED) is 0.400. The van der Waals surface area contributed by atoms with Crippen molar-refractivity contribution >= 4 is 11.9 Å². The summed E-state index contributed by atoms with van der Waals surface area (Å²) in [4.78, 5) is 20.3. The van der Waals surface area contributed by atoms with Gasteiger partial charge in [-0.3, -0.25) is 9.59 Å². The summed E-state index contributed by atoms with van der Waals surface area (Å²) in [5, 5.41) is 19.5. The highest BCUT2D eigenvalue weighted by Crippen LogP contribution is 2.03. The Morgan fingerprint density at radius 2 is 2.00 bits per heavy atom. The van der Waals surface area contributed by atoms with Crippen molar-refractivity contribution < 1.29 is 19.8 Å². The largest absolute Gasteiger partial charge is 0.480 e. The van der Waals surface area contributed by atoms with Gasteiger partial charge in [0.15, 0.2) is 0 Å². The van der Waals surface area contributed by atoms with Gasteiger partial charge in [-0.1, -0.05) is 6.42 Å². The molecule has 0 aromatic heterocycles. The first kappa shape index (κ1) is 16.8. The van der Waals surface area contributed by atoms with Gasteiger partial charge in [-0.15, -0.1) is 0 Å². The summed E-state index contributed by atoms with van der Waals surface area (Å²) in [6.07, 6.45) is 3.95. The normalized spacial score (nSPS) is 19.8. The van der Waals surface area contributed by atoms with Crippen molar-refractivity contribution in [3.8, 4) is 0 Å². The summed E-state index contributed by atoms with van der Waals surface area (Å²) in [7, 11) is 0. The van der Waals surface area contributed by atoms with E-state index in [2.05, 4.69) is 5.32 Å². The van der Waals surface area contributed by atoms with Crippen molar-refractivity contribution in [2.45, 2.75) is 44.2 Å². The van der Waals surface area contributed by atoms with Crippen LogP contribution in [-0.4, -0.2) is 47.3 Å². The monoisotopic (exact) mass is 261 g/mol. The Kier molecular flexibility index (Phi) is 9.17. The summed E-state index contributed by atoms with van der Waals surface area (Å²) in [6.45, 7) is 1.46. The van der Waals surface area contributed by atoms with E-state index in [-0.39, 0.29) is 6.04 Å². The smallest absolute Gasteiger partial charge is 0.320 e. The number of carboxylic acid groups (broad SMARTS) is 2. The second kappa shape index (κ2) is 9.81. The predicted molar refractivity (Wildman–Crippen MR) is 67.2 cm³/mol. The molecule has 1 rings (SSSR count). The molecule has 1 heterocycles. The molecule has 0 bridgehead atoms. The van der Waals surface area contributed by atoms with Crippen LogP contribution < -0.4 is 16.8 Å². The number of carboxylic acids is 2. The second-order valence-electron chi connectivity index (χ2n) is 4.22. The molecule has 2 atom stereocenters. The maximum absolute atomic E-state index is 10.1. The van der Waals surface area contributed by atoms with E-state index in [4.69, 9.17) is 21.7 Å². The predicted octanol–water partition coefficient (Wildman–Crippen LogP) is -0.650. The summed E-state index contributed by atoms with van der Waals surface area (Å²) in [6, 6.07) is -0.985. The maximum atomic E-state index is 10.1. The molecular weight excluding hydrogens is 238 g/mol. The summed E-state index contributed by atoms with van der Waals surface area (Å²) < 4.78 is 0. The molecule has 0 saturated carbocycles. The molecule has 0 amide bonds. The Morgan fingerprint density at radius 3 is 2.33 bits per heavy atom. The van der Waals surface area contributed by atoms with Crippen LogP contribution in [0.15, 0.2) is 0 Å². The van der Waals surface area contributed by atoms with Gasteiger partial charge in [0.05, 0.1) is 0 Å². The molecule has 0 aromatic carbocycles. The molecule has 7 heteroatoms. The molecule has 0 spiro atoms. The van der Waals surface area contributed by atoms with Gasteiger partial charge in [0.1, 0.15) is 12.1 Å². The number of nitrogens with one attached hydrogen (secondary N) is 1. The highest BCUT2D eigenvalue weighted by Gasteiger charge is 2.20. The number of rotatable bonds is 6.